The molecule has 0 spiro atoms. The molecule has 1 aromatic rings. The predicted molar refractivity (Wildman–Crippen MR) is 66.1 cm³/mol. The minimum absolute atomic E-state index is 0.0289. The van der Waals surface area contributed by atoms with Crippen molar-refractivity contribution in [3.63, 3.8) is 0 Å². The van der Waals surface area contributed by atoms with Gasteiger partial charge in [0.1, 0.15) is 0 Å². The van der Waals surface area contributed by atoms with Gasteiger partial charge in [-0.05, 0) is 6.92 Å². The van der Waals surface area contributed by atoms with Crippen LogP contribution in [-0.4, -0.2) is 38.0 Å². The predicted octanol–water partition coefficient (Wildman–Crippen LogP) is 1.94. The number of likely N-dealkylation sites (N-methyl/N-ethyl adjacent to an activating group) is 1. The maximum atomic E-state index is 11.2. The minimum Gasteiger partial charge on any atom is -0.383 e. The van der Waals surface area contributed by atoms with E-state index in [0.29, 0.717) is 23.0 Å². The molecule has 1 aromatic heterocycles. The summed E-state index contributed by atoms with van der Waals surface area (Å²) in [6.45, 7) is 2.41. The molecule has 94 valence electrons. The molecule has 1 rings (SSSR count). The summed E-state index contributed by atoms with van der Waals surface area (Å²) in [4.78, 5) is 23.7. The molecule has 0 N–H and O–H groups in total. The average Bonchev–Trinajstić information content (AvgIpc) is 2.70. The van der Waals surface area contributed by atoms with Crippen LogP contribution in [-0.2, 0) is 4.74 Å². The largest absolute Gasteiger partial charge is 0.383 e. The normalized spacial score (nSPS) is 10.3. The van der Waals surface area contributed by atoms with E-state index in [2.05, 4.69) is 0 Å². The lowest BCUT2D eigenvalue weighted by molar-refractivity contribution is -0.383. The molecule has 0 saturated carbocycles. The molecule has 0 saturated heterocycles. The number of carbonyl (C=O) groups excluding carboxylic acids is 1. The van der Waals surface area contributed by atoms with E-state index in [1.807, 2.05) is 0 Å². The zero-order valence-corrected chi connectivity index (χ0v) is 10.7. The monoisotopic (exact) mass is 258 g/mol. The number of ether oxygens (including phenoxy) is 1. The molecule has 0 aliphatic rings. The second-order valence-electron chi connectivity index (χ2n) is 3.53. The fourth-order valence-corrected chi connectivity index (χ4v) is 2.29. The molecule has 17 heavy (non-hydrogen) atoms. The van der Waals surface area contributed by atoms with Crippen LogP contribution in [0.25, 0.3) is 0 Å². The molecular weight excluding hydrogens is 244 g/mol. The van der Waals surface area contributed by atoms with Crippen LogP contribution in [0, 0.1) is 10.1 Å². The number of thiophene rings is 1. The van der Waals surface area contributed by atoms with Gasteiger partial charge in [0.15, 0.2) is 10.8 Å². The van der Waals surface area contributed by atoms with Crippen molar-refractivity contribution in [3.8, 4) is 0 Å². The first kappa shape index (κ1) is 13.6. The summed E-state index contributed by atoms with van der Waals surface area (Å²) in [5.41, 5.74) is -0.0289. The Kier molecular flexibility index (Phi) is 4.59. The summed E-state index contributed by atoms with van der Waals surface area (Å²) in [7, 11) is 3.31. The summed E-state index contributed by atoms with van der Waals surface area (Å²) in [5.74, 6) is -0.163. The number of ketones is 1. The van der Waals surface area contributed by atoms with Crippen molar-refractivity contribution in [2.24, 2.45) is 0 Å². The Balaban J connectivity index is 3.03. The SMILES string of the molecule is COCCN(C)c1sc(C(C)=O)cc1[N+](=O)[O-]. The smallest absolute Gasteiger partial charge is 0.304 e. The van der Waals surface area contributed by atoms with Crippen LogP contribution in [0.5, 0.6) is 0 Å². The van der Waals surface area contributed by atoms with E-state index in [4.69, 9.17) is 4.74 Å². The van der Waals surface area contributed by atoms with Gasteiger partial charge in [0, 0.05) is 26.8 Å². The Hall–Kier alpha value is -1.47. The first-order valence-corrected chi connectivity index (χ1v) is 5.78. The lowest BCUT2D eigenvalue weighted by Crippen LogP contribution is -2.21. The molecule has 1 heterocycles. The molecule has 7 heteroatoms. The summed E-state index contributed by atoms with van der Waals surface area (Å²) in [5, 5.41) is 11.4. The molecular formula is C10H14N2O4S. The van der Waals surface area contributed by atoms with Gasteiger partial charge in [0.2, 0.25) is 0 Å². The van der Waals surface area contributed by atoms with Gasteiger partial charge in [-0.2, -0.15) is 0 Å². The third kappa shape index (κ3) is 3.24. The Morgan fingerprint density at radius 1 is 1.65 bits per heavy atom. The molecule has 0 amide bonds. The van der Waals surface area contributed by atoms with Crippen molar-refractivity contribution >= 4 is 27.8 Å². The van der Waals surface area contributed by atoms with Gasteiger partial charge >= 0.3 is 5.69 Å². The highest BCUT2D eigenvalue weighted by Gasteiger charge is 2.23. The van der Waals surface area contributed by atoms with E-state index in [1.165, 1.54) is 13.0 Å². The number of hydrogen-bond donors (Lipinski definition) is 0. The Morgan fingerprint density at radius 2 is 2.29 bits per heavy atom. The third-order valence-corrected chi connectivity index (χ3v) is 3.55. The number of carbonyl (C=O) groups is 1. The number of anilines is 1. The van der Waals surface area contributed by atoms with Crippen LogP contribution in [0.2, 0.25) is 0 Å². The molecule has 0 aliphatic heterocycles. The number of methoxy groups -OCH3 is 1. The van der Waals surface area contributed by atoms with Crippen LogP contribution < -0.4 is 4.90 Å². The highest BCUT2D eigenvalue weighted by Crippen LogP contribution is 2.37. The zero-order valence-electron chi connectivity index (χ0n) is 9.93. The molecule has 0 atom stereocenters. The quantitative estimate of drug-likeness (QED) is 0.443. The minimum atomic E-state index is -0.471. The van der Waals surface area contributed by atoms with Crippen LogP contribution in [0.15, 0.2) is 6.07 Å². The molecule has 0 aromatic carbocycles. The van der Waals surface area contributed by atoms with E-state index in [-0.39, 0.29) is 11.5 Å². The van der Waals surface area contributed by atoms with Gasteiger partial charge in [0.25, 0.3) is 0 Å². The van der Waals surface area contributed by atoms with Crippen LogP contribution in [0.4, 0.5) is 10.7 Å². The van der Waals surface area contributed by atoms with Crippen molar-refractivity contribution < 1.29 is 14.5 Å². The molecule has 0 bridgehead atoms. The topological polar surface area (TPSA) is 72.7 Å². The number of hydrogen-bond acceptors (Lipinski definition) is 6. The van der Waals surface area contributed by atoms with Crippen molar-refractivity contribution in [2.45, 2.75) is 6.92 Å². The first-order chi connectivity index (χ1) is 7.97. The maximum Gasteiger partial charge on any atom is 0.304 e. The van der Waals surface area contributed by atoms with E-state index in [0.717, 1.165) is 11.3 Å². The zero-order chi connectivity index (χ0) is 13.0. The number of rotatable bonds is 6. The highest BCUT2D eigenvalue weighted by atomic mass is 32.1. The third-order valence-electron chi connectivity index (χ3n) is 2.21. The molecule has 0 radical (unpaired) electrons. The lowest BCUT2D eigenvalue weighted by Gasteiger charge is -2.15. The second kappa shape index (κ2) is 5.74. The van der Waals surface area contributed by atoms with Crippen LogP contribution >= 0.6 is 11.3 Å². The van der Waals surface area contributed by atoms with Crippen molar-refractivity contribution in [2.75, 3.05) is 32.2 Å². The van der Waals surface area contributed by atoms with Gasteiger partial charge < -0.3 is 9.64 Å². The molecule has 0 fully saturated rings. The van der Waals surface area contributed by atoms with E-state index in [1.54, 1.807) is 19.1 Å². The van der Waals surface area contributed by atoms with Gasteiger partial charge in [-0.15, -0.1) is 11.3 Å². The van der Waals surface area contributed by atoms with Gasteiger partial charge in [-0.1, -0.05) is 0 Å². The summed E-state index contributed by atoms with van der Waals surface area (Å²) in [6, 6.07) is 1.33. The summed E-state index contributed by atoms with van der Waals surface area (Å²) >= 11 is 1.13. The molecule has 0 unspecified atom stereocenters. The van der Waals surface area contributed by atoms with E-state index in [9.17, 15) is 14.9 Å². The summed E-state index contributed by atoms with van der Waals surface area (Å²) in [6.07, 6.45) is 0. The van der Waals surface area contributed by atoms with Crippen LogP contribution in [0.3, 0.4) is 0 Å². The first-order valence-electron chi connectivity index (χ1n) is 4.96. The number of nitrogens with zero attached hydrogens (tertiary/aromatic N) is 2. The van der Waals surface area contributed by atoms with Crippen LogP contribution in [0.1, 0.15) is 16.6 Å². The van der Waals surface area contributed by atoms with Gasteiger partial charge in [-0.3, -0.25) is 14.9 Å². The molecule has 6 nitrogen and oxygen atoms in total. The van der Waals surface area contributed by atoms with E-state index >= 15 is 0 Å². The van der Waals surface area contributed by atoms with Crippen molar-refractivity contribution in [1.82, 2.24) is 0 Å². The number of Topliss-reactive ketones (excluding diaryl/α,β-unsaturated/α-hetero) is 1. The number of nitro groups is 1. The fraction of sp³-hybridized carbons (Fsp3) is 0.500. The average molecular weight is 258 g/mol. The standard InChI is InChI=1S/C10H14N2O4S/c1-7(13)9-6-8(12(14)15)10(17-9)11(2)4-5-16-3/h6H,4-5H2,1-3H3. The Bertz CT molecular complexity index is 430. The van der Waals surface area contributed by atoms with Gasteiger partial charge in [-0.25, -0.2) is 0 Å². The summed E-state index contributed by atoms with van der Waals surface area (Å²) < 4.78 is 4.91. The lowest BCUT2D eigenvalue weighted by atomic mass is 10.3. The van der Waals surface area contributed by atoms with E-state index < -0.39 is 4.92 Å². The second-order valence-corrected chi connectivity index (χ2v) is 4.56. The van der Waals surface area contributed by atoms with Crippen molar-refractivity contribution in [3.05, 3.63) is 21.1 Å². The van der Waals surface area contributed by atoms with Gasteiger partial charge in [0.05, 0.1) is 16.4 Å². The molecule has 0 aliphatic carbocycles. The van der Waals surface area contributed by atoms with Crippen molar-refractivity contribution in [1.29, 1.82) is 0 Å². The Labute approximate surface area is 103 Å². The Morgan fingerprint density at radius 3 is 2.76 bits per heavy atom. The highest BCUT2D eigenvalue weighted by molar-refractivity contribution is 7.18. The maximum absolute atomic E-state index is 11.2. The fourth-order valence-electron chi connectivity index (χ4n) is 1.28.